The second-order valence-corrected chi connectivity index (χ2v) is 8.97. The Morgan fingerprint density at radius 2 is 1.62 bits per heavy atom. The third kappa shape index (κ3) is 3.64. The Labute approximate surface area is 206 Å². The summed E-state index contributed by atoms with van der Waals surface area (Å²) in [5, 5.41) is 4.25. The maximum Gasteiger partial charge on any atom is 0.174 e. The maximum absolute atomic E-state index is 5.92. The van der Waals surface area contributed by atoms with Gasteiger partial charge in [0, 0.05) is 40.6 Å². The van der Waals surface area contributed by atoms with Crippen molar-refractivity contribution in [1.29, 1.82) is 0 Å². The SMILES string of the molecule is COc1cccc(N2C(=S)N[C@@H](c3ccccn3)[C@@H]2c2c(C)c(C)n(-c3ccccc3)c2C)c1. The molecule has 6 heteroatoms. The van der Waals surface area contributed by atoms with Crippen LogP contribution in [-0.4, -0.2) is 21.8 Å². The van der Waals surface area contributed by atoms with E-state index in [1.807, 2.05) is 42.6 Å². The number of anilines is 1. The summed E-state index contributed by atoms with van der Waals surface area (Å²) in [5.74, 6) is 0.798. The average Bonchev–Trinajstić information content (AvgIpc) is 3.32. The minimum Gasteiger partial charge on any atom is -0.497 e. The van der Waals surface area contributed by atoms with Crippen LogP contribution in [0.25, 0.3) is 5.69 Å². The number of hydrogen-bond donors (Lipinski definition) is 1. The van der Waals surface area contributed by atoms with Gasteiger partial charge in [0.15, 0.2) is 5.11 Å². The Bertz CT molecular complexity index is 1330. The van der Waals surface area contributed by atoms with Crippen molar-refractivity contribution in [3.63, 3.8) is 0 Å². The summed E-state index contributed by atoms with van der Waals surface area (Å²) in [4.78, 5) is 6.91. The number of nitrogens with zero attached hydrogens (tertiary/aromatic N) is 3. The van der Waals surface area contributed by atoms with Gasteiger partial charge in [0.25, 0.3) is 0 Å². The van der Waals surface area contributed by atoms with Crippen LogP contribution < -0.4 is 15.0 Å². The molecule has 0 unspecified atom stereocenters. The van der Waals surface area contributed by atoms with Gasteiger partial charge < -0.3 is 19.5 Å². The van der Waals surface area contributed by atoms with E-state index in [1.54, 1.807) is 7.11 Å². The fraction of sp³-hybridized carbons (Fsp3) is 0.214. The van der Waals surface area contributed by atoms with Crippen LogP contribution in [0.5, 0.6) is 5.75 Å². The van der Waals surface area contributed by atoms with Crippen molar-refractivity contribution in [3.8, 4) is 11.4 Å². The average molecular weight is 469 g/mol. The fourth-order valence-electron chi connectivity index (χ4n) is 5.09. The van der Waals surface area contributed by atoms with E-state index in [2.05, 4.69) is 72.0 Å². The van der Waals surface area contributed by atoms with Crippen LogP contribution in [0.1, 0.15) is 40.3 Å². The molecule has 0 bridgehead atoms. The summed E-state index contributed by atoms with van der Waals surface area (Å²) in [6, 6.07) is 24.4. The lowest BCUT2D eigenvalue weighted by Gasteiger charge is -2.29. The Morgan fingerprint density at radius 3 is 2.32 bits per heavy atom. The normalized spacial score (nSPS) is 17.6. The van der Waals surface area contributed by atoms with E-state index in [0.29, 0.717) is 5.11 Å². The van der Waals surface area contributed by atoms with Gasteiger partial charge in [-0.3, -0.25) is 4.98 Å². The van der Waals surface area contributed by atoms with Gasteiger partial charge in [-0.2, -0.15) is 0 Å². The molecule has 0 radical (unpaired) electrons. The van der Waals surface area contributed by atoms with Gasteiger partial charge in [-0.05, 0) is 75.0 Å². The molecule has 1 N–H and O–H groups in total. The van der Waals surface area contributed by atoms with Crippen molar-refractivity contribution in [2.75, 3.05) is 12.0 Å². The summed E-state index contributed by atoms with van der Waals surface area (Å²) < 4.78 is 7.86. The number of nitrogens with one attached hydrogen (secondary N) is 1. The monoisotopic (exact) mass is 468 g/mol. The first-order valence-electron chi connectivity index (χ1n) is 11.4. The maximum atomic E-state index is 5.92. The largest absolute Gasteiger partial charge is 0.497 e. The topological polar surface area (TPSA) is 42.3 Å². The molecule has 2 aromatic carbocycles. The molecule has 3 heterocycles. The molecule has 1 aliphatic rings. The standard InChI is InChI=1S/C28H28N4OS/c1-18-19(2)31(21-11-6-5-7-12-21)20(3)25(18)27-26(24-15-8-9-16-29-24)30-28(34)32(27)22-13-10-14-23(17-22)33-4/h5-17,26-27H,1-4H3,(H,30,34)/t26-,27-/m0/s1. The Hall–Kier alpha value is -3.64. The molecule has 0 aliphatic carbocycles. The molecule has 1 aliphatic heterocycles. The smallest absolute Gasteiger partial charge is 0.174 e. The van der Waals surface area contributed by atoms with Crippen molar-refractivity contribution < 1.29 is 4.74 Å². The highest BCUT2D eigenvalue weighted by atomic mass is 32.1. The van der Waals surface area contributed by atoms with E-state index in [1.165, 1.54) is 22.5 Å². The van der Waals surface area contributed by atoms with Gasteiger partial charge in [-0.15, -0.1) is 0 Å². The first-order valence-corrected chi connectivity index (χ1v) is 11.8. The third-order valence-corrected chi connectivity index (χ3v) is 7.06. The molecular weight excluding hydrogens is 440 g/mol. The van der Waals surface area contributed by atoms with Crippen LogP contribution in [0, 0.1) is 20.8 Å². The van der Waals surface area contributed by atoms with Gasteiger partial charge in [0.1, 0.15) is 5.75 Å². The Balaban J connectivity index is 1.73. The number of benzene rings is 2. The number of ether oxygens (including phenoxy) is 1. The number of rotatable bonds is 5. The molecule has 5 nitrogen and oxygen atoms in total. The Kier molecular flexibility index (Phi) is 5.84. The summed E-state index contributed by atoms with van der Waals surface area (Å²) in [6.07, 6.45) is 1.84. The van der Waals surface area contributed by atoms with E-state index >= 15 is 0 Å². The van der Waals surface area contributed by atoms with E-state index in [0.717, 1.165) is 22.8 Å². The fourth-order valence-corrected chi connectivity index (χ4v) is 5.44. The molecule has 2 aromatic heterocycles. The molecule has 4 aromatic rings. The number of aromatic nitrogens is 2. The number of methoxy groups -OCH3 is 1. The van der Waals surface area contributed by atoms with Gasteiger partial charge in [0.05, 0.1) is 24.9 Å². The van der Waals surface area contributed by atoms with Crippen LogP contribution in [0.2, 0.25) is 0 Å². The number of pyridine rings is 1. The van der Waals surface area contributed by atoms with E-state index in [4.69, 9.17) is 21.9 Å². The van der Waals surface area contributed by atoms with Crippen LogP contribution in [-0.2, 0) is 0 Å². The predicted octanol–water partition coefficient (Wildman–Crippen LogP) is 5.98. The molecule has 34 heavy (non-hydrogen) atoms. The summed E-state index contributed by atoms with van der Waals surface area (Å²) >= 11 is 5.92. The van der Waals surface area contributed by atoms with Crippen molar-refractivity contribution in [1.82, 2.24) is 14.9 Å². The minimum absolute atomic E-state index is 0.0711. The zero-order valence-electron chi connectivity index (χ0n) is 19.8. The van der Waals surface area contributed by atoms with Crippen molar-refractivity contribution in [3.05, 3.63) is 107 Å². The van der Waals surface area contributed by atoms with E-state index in [-0.39, 0.29) is 12.1 Å². The molecule has 1 saturated heterocycles. The number of hydrogen-bond acceptors (Lipinski definition) is 3. The molecule has 5 rings (SSSR count). The highest BCUT2D eigenvalue weighted by Gasteiger charge is 2.43. The molecular formula is C28H28N4OS. The second-order valence-electron chi connectivity index (χ2n) is 8.58. The zero-order chi connectivity index (χ0) is 23.8. The zero-order valence-corrected chi connectivity index (χ0v) is 20.6. The van der Waals surface area contributed by atoms with Gasteiger partial charge in [-0.25, -0.2) is 0 Å². The van der Waals surface area contributed by atoms with Crippen LogP contribution in [0.15, 0.2) is 79.0 Å². The van der Waals surface area contributed by atoms with Crippen LogP contribution in [0.3, 0.4) is 0 Å². The number of para-hydroxylation sites is 1. The van der Waals surface area contributed by atoms with Crippen molar-refractivity contribution >= 4 is 23.0 Å². The second kappa shape index (κ2) is 8.95. The lowest BCUT2D eigenvalue weighted by molar-refractivity contribution is 0.415. The van der Waals surface area contributed by atoms with Gasteiger partial charge in [-0.1, -0.05) is 30.3 Å². The lowest BCUT2D eigenvalue weighted by Crippen LogP contribution is -2.29. The minimum atomic E-state index is -0.0941. The van der Waals surface area contributed by atoms with E-state index in [9.17, 15) is 0 Å². The quantitative estimate of drug-likeness (QED) is 0.365. The molecule has 0 spiro atoms. The predicted molar refractivity (Wildman–Crippen MR) is 141 cm³/mol. The highest BCUT2D eigenvalue weighted by Crippen LogP contribution is 2.45. The van der Waals surface area contributed by atoms with Gasteiger partial charge >= 0.3 is 0 Å². The van der Waals surface area contributed by atoms with Gasteiger partial charge in [0.2, 0.25) is 0 Å². The molecule has 1 fully saturated rings. The molecule has 0 amide bonds. The Morgan fingerprint density at radius 1 is 0.882 bits per heavy atom. The third-order valence-electron chi connectivity index (χ3n) is 6.75. The van der Waals surface area contributed by atoms with Crippen molar-refractivity contribution in [2.45, 2.75) is 32.9 Å². The summed E-state index contributed by atoms with van der Waals surface area (Å²) in [7, 11) is 1.69. The first kappa shape index (κ1) is 22.2. The molecule has 172 valence electrons. The summed E-state index contributed by atoms with van der Waals surface area (Å²) in [6.45, 7) is 6.59. The highest BCUT2D eigenvalue weighted by molar-refractivity contribution is 7.80. The lowest BCUT2D eigenvalue weighted by atomic mass is 9.93. The van der Waals surface area contributed by atoms with E-state index < -0.39 is 0 Å². The van der Waals surface area contributed by atoms with Crippen LogP contribution >= 0.6 is 12.2 Å². The molecule has 2 atom stereocenters. The van der Waals surface area contributed by atoms with Crippen LogP contribution in [0.4, 0.5) is 5.69 Å². The summed E-state index contributed by atoms with van der Waals surface area (Å²) in [5.41, 5.74) is 8.04. The van der Waals surface area contributed by atoms with Crippen molar-refractivity contribution in [2.24, 2.45) is 0 Å². The first-order chi connectivity index (χ1) is 16.5. The number of thiocarbonyl (C=S) groups is 1. The molecule has 0 saturated carbocycles.